The Bertz CT molecular complexity index is 596. The Morgan fingerprint density at radius 3 is 2.81 bits per heavy atom. The Kier molecular flexibility index (Phi) is 3.92. The molecular weight excluding hydrogens is 270 g/mol. The molecule has 1 atom stereocenters. The lowest BCUT2D eigenvalue weighted by Crippen LogP contribution is -2.42. The highest BCUT2D eigenvalue weighted by Gasteiger charge is 2.21. The number of nitrogens with zero attached hydrogens (tertiary/aromatic N) is 5. The Morgan fingerprint density at radius 2 is 2.14 bits per heavy atom. The Balaban J connectivity index is 1.63. The first kappa shape index (κ1) is 13.7. The molecule has 1 amide bonds. The fourth-order valence-corrected chi connectivity index (χ4v) is 2.51. The maximum atomic E-state index is 12.2. The molecule has 1 N–H and O–H groups in total. The molecule has 7 nitrogen and oxygen atoms in total. The van der Waals surface area contributed by atoms with Gasteiger partial charge in [0.25, 0.3) is 0 Å². The standard InChI is InChI=1S/C14H17N5O2/c20-13-2-1-7-18(9-13)14(21)8-11-3-5-12(6-4-11)19-10-15-16-17-19/h3-6,10,13,20H,1-2,7-9H2. The second-order valence-electron chi connectivity index (χ2n) is 5.23. The van der Waals surface area contributed by atoms with E-state index >= 15 is 0 Å². The van der Waals surface area contributed by atoms with Crippen LogP contribution in [0.2, 0.25) is 0 Å². The van der Waals surface area contributed by atoms with Gasteiger partial charge in [0.05, 0.1) is 18.2 Å². The van der Waals surface area contributed by atoms with Crippen molar-refractivity contribution in [3.63, 3.8) is 0 Å². The van der Waals surface area contributed by atoms with E-state index in [0.29, 0.717) is 13.0 Å². The molecule has 1 saturated heterocycles. The van der Waals surface area contributed by atoms with Gasteiger partial charge in [-0.2, -0.15) is 0 Å². The first-order chi connectivity index (χ1) is 10.2. The number of aromatic nitrogens is 4. The molecule has 0 aliphatic carbocycles. The average molecular weight is 287 g/mol. The van der Waals surface area contributed by atoms with Crippen molar-refractivity contribution >= 4 is 5.91 Å². The van der Waals surface area contributed by atoms with Gasteiger partial charge in [-0.25, -0.2) is 4.68 Å². The zero-order valence-corrected chi connectivity index (χ0v) is 11.6. The van der Waals surface area contributed by atoms with Crippen LogP contribution in [0, 0.1) is 0 Å². The van der Waals surface area contributed by atoms with Crippen LogP contribution in [0.4, 0.5) is 0 Å². The van der Waals surface area contributed by atoms with Crippen molar-refractivity contribution in [2.75, 3.05) is 13.1 Å². The highest BCUT2D eigenvalue weighted by molar-refractivity contribution is 5.79. The number of piperidine rings is 1. The minimum atomic E-state index is -0.384. The first-order valence-electron chi connectivity index (χ1n) is 7.00. The summed E-state index contributed by atoms with van der Waals surface area (Å²) in [7, 11) is 0. The Morgan fingerprint density at radius 1 is 1.33 bits per heavy atom. The minimum absolute atomic E-state index is 0.0592. The number of carbonyl (C=O) groups excluding carboxylic acids is 1. The summed E-state index contributed by atoms with van der Waals surface area (Å²) in [6, 6.07) is 7.55. The van der Waals surface area contributed by atoms with Crippen molar-refractivity contribution in [3.8, 4) is 5.69 Å². The van der Waals surface area contributed by atoms with Crippen LogP contribution in [0.15, 0.2) is 30.6 Å². The van der Waals surface area contributed by atoms with E-state index in [0.717, 1.165) is 30.6 Å². The number of benzene rings is 1. The lowest BCUT2D eigenvalue weighted by atomic mass is 10.1. The molecule has 3 rings (SSSR count). The van der Waals surface area contributed by atoms with Crippen LogP contribution in [-0.2, 0) is 11.2 Å². The van der Waals surface area contributed by atoms with Gasteiger partial charge in [0.15, 0.2) is 0 Å². The van der Waals surface area contributed by atoms with Crippen LogP contribution in [-0.4, -0.2) is 55.3 Å². The van der Waals surface area contributed by atoms with Crippen LogP contribution in [0.5, 0.6) is 0 Å². The largest absolute Gasteiger partial charge is 0.391 e. The number of amides is 1. The average Bonchev–Trinajstić information content (AvgIpc) is 3.02. The zero-order chi connectivity index (χ0) is 14.7. The SMILES string of the molecule is O=C(Cc1ccc(-n2cnnn2)cc1)N1CCCC(O)C1. The highest BCUT2D eigenvalue weighted by Crippen LogP contribution is 2.13. The van der Waals surface area contributed by atoms with E-state index in [4.69, 9.17) is 0 Å². The summed E-state index contributed by atoms with van der Waals surface area (Å²) in [4.78, 5) is 13.9. The maximum Gasteiger partial charge on any atom is 0.227 e. The molecule has 1 fully saturated rings. The number of aliphatic hydroxyl groups excluding tert-OH is 1. The van der Waals surface area contributed by atoms with Gasteiger partial charge < -0.3 is 10.0 Å². The van der Waals surface area contributed by atoms with Crippen molar-refractivity contribution in [2.24, 2.45) is 0 Å². The van der Waals surface area contributed by atoms with Crippen LogP contribution >= 0.6 is 0 Å². The predicted octanol–water partition coefficient (Wildman–Crippen LogP) is 0.188. The topological polar surface area (TPSA) is 84.1 Å². The fourth-order valence-electron chi connectivity index (χ4n) is 2.51. The van der Waals surface area contributed by atoms with Gasteiger partial charge in [-0.15, -0.1) is 5.10 Å². The summed E-state index contributed by atoms with van der Waals surface area (Å²) < 4.78 is 1.56. The Hall–Kier alpha value is -2.28. The van der Waals surface area contributed by atoms with Crippen molar-refractivity contribution < 1.29 is 9.90 Å². The van der Waals surface area contributed by atoms with Crippen molar-refractivity contribution in [2.45, 2.75) is 25.4 Å². The summed E-state index contributed by atoms with van der Waals surface area (Å²) in [5.74, 6) is 0.0592. The number of hydrogen-bond acceptors (Lipinski definition) is 5. The number of β-amino-alcohol motifs (C(OH)–C–C–N with tert-alkyl or cyclic N) is 1. The number of rotatable bonds is 3. The summed E-state index contributed by atoms with van der Waals surface area (Å²) in [6.45, 7) is 1.18. The van der Waals surface area contributed by atoms with E-state index in [2.05, 4.69) is 15.5 Å². The molecule has 7 heteroatoms. The van der Waals surface area contributed by atoms with Crippen molar-refractivity contribution in [1.82, 2.24) is 25.1 Å². The maximum absolute atomic E-state index is 12.2. The van der Waals surface area contributed by atoms with Crippen molar-refractivity contribution in [3.05, 3.63) is 36.2 Å². The van der Waals surface area contributed by atoms with Crippen molar-refractivity contribution in [1.29, 1.82) is 0 Å². The van der Waals surface area contributed by atoms with Gasteiger partial charge in [0, 0.05) is 13.1 Å². The number of tetrazole rings is 1. The highest BCUT2D eigenvalue weighted by atomic mass is 16.3. The van der Waals surface area contributed by atoms with Gasteiger partial charge >= 0.3 is 0 Å². The third-order valence-electron chi connectivity index (χ3n) is 3.65. The second-order valence-corrected chi connectivity index (χ2v) is 5.23. The molecule has 1 aliphatic heterocycles. The van der Waals surface area contributed by atoms with Gasteiger partial charge in [-0.3, -0.25) is 4.79 Å². The normalized spacial score (nSPS) is 18.7. The van der Waals surface area contributed by atoms with E-state index < -0.39 is 0 Å². The van der Waals surface area contributed by atoms with Crippen LogP contribution in [0.3, 0.4) is 0 Å². The van der Waals surface area contributed by atoms with Gasteiger partial charge in [-0.1, -0.05) is 12.1 Å². The molecule has 1 aromatic carbocycles. The van der Waals surface area contributed by atoms with Gasteiger partial charge in [0.2, 0.25) is 5.91 Å². The second kappa shape index (κ2) is 6.01. The summed E-state index contributed by atoms with van der Waals surface area (Å²) in [6.07, 6.45) is 3.14. The predicted molar refractivity (Wildman–Crippen MR) is 74.7 cm³/mol. The molecule has 0 spiro atoms. The quantitative estimate of drug-likeness (QED) is 0.871. The molecule has 0 saturated carbocycles. The first-order valence-corrected chi connectivity index (χ1v) is 7.00. The smallest absolute Gasteiger partial charge is 0.227 e. The van der Waals surface area contributed by atoms with Gasteiger partial charge in [-0.05, 0) is 41.0 Å². The van der Waals surface area contributed by atoms with E-state index in [1.165, 1.54) is 6.33 Å². The molecule has 1 aliphatic rings. The zero-order valence-electron chi connectivity index (χ0n) is 11.6. The molecule has 1 aromatic heterocycles. The molecule has 110 valence electrons. The van der Waals surface area contributed by atoms with Crippen LogP contribution < -0.4 is 0 Å². The van der Waals surface area contributed by atoms with E-state index in [1.54, 1.807) is 9.58 Å². The van der Waals surface area contributed by atoms with Crippen LogP contribution in [0.1, 0.15) is 18.4 Å². The number of hydrogen-bond donors (Lipinski definition) is 1. The minimum Gasteiger partial charge on any atom is -0.391 e. The molecule has 1 unspecified atom stereocenters. The number of aliphatic hydroxyl groups is 1. The summed E-state index contributed by atoms with van der Waals surface area (Å²) in [5, 5.41) is 20.6. The Labute approximate surface area is 122 Å². The summed E-state index contributed by atoms with van der Waals surface area (Å²) >= 11 is 0. The van der Waals surface area contributed by atoms with E-state index in [9.17, 15) is 9.90 Å². The lowest BCUT2D eigenvalue weighted by molar-refractivity contribution is -0.133. The van der Waals surface area contributed by atoms with Crippen LogP contribution in [0.25, 0.3) is 5.69 Å². The van der Waals surface area contributed by atoms with E-state index in [1.807, 2.05) is 24.3 Å². The molecule has 21 heavy (non-hydrogen) atoms. The number of likely N-dealkylation sites (tertiary alicyclic amines) is 1. The third-order valence-corrected chi connectivity index (χ3v) is 3.65. The molecular formula is C14H17N5O2. The third kappa shape index (κ3) is 3.25. The van der Waals surface area contributed by atoms with E-state index in [-0.39, 0.29) is 12.0 Å². The number of carbonyl (C=O) groups is 1. The lowest BCUT2D eigenvalue weighted by Gasteiger charge is -2.30. The molecule has 2 aromatic rings. The fraction of sp³-hybridized carbons (Fsp3) is 0.429. The molecule has 0 bridgehead atoms. The monoisotopic (exact) mass is 287 g/mol. The molecule has 2 heterocycles. The molecule has 0 radical (unpaired) electrons. The van der Waals surface area contributed by atoms with Gasteiger partial charge in [0.1, 0.15) is 6.33 Å². The summed E-state index contributed by atoms with van der Waals surface area (Å²) in [5.41, 5.74) is 1.79.